The first-order valence-corrected chi connectivity index (χ1v) is 15.1. The molecule has 0 saturated carbocycles. The van der Waals surface area contributed by atoms with E-state index in [1.165, 1.54) is 5.56 Å². The van der Waals surface area contributed by atoms with Crippen LogP contribution in [0, 0.1) is 11.3 Å². The highest BCUT2D eigenvalue weighted by Gasteiger charge is 2.53. The smallest absolute Gasteiger partial charge is 0.399 e. The molecule has 0 unspecified atom stereocenters. The Kier molecular flexibility index (Phi) is 8.70. The van der Waals surface area contributed by atoms with Crippen molar-refractivity contribution in [3.8, 4) is 6.07 Å². The van der Waals surface area contributed by atoms with Crippen LogP contribution in [0.3, 0.4) is 0 Å². The van der Waals surface area contributed by atoms with Crippen LogP contribution in [0.25, 0.3) is 0 Å². The predicted octanol–water partition coefficient (Wildman–Crippen LogP) is 6.56. The Labute approximate surface area is 258 Å². The number of fused-ring (bicyclic) bond motifs is 2. The highest BCUT2D eigenvalue weighted by Crippen LogP contribution is 2.38. The van der Waals surface area contributed by atoms with Crippen molar-refractivity contribution in [2.75, 3.05) is 0 Å². The van der Waals surface area contributed by atoms with E-state index in [9.17, 15) is 14.9 Å². The number of nitrogens with zero attached hydrogens (tertiary/aromatic N) is 1. The summed E-state index contributed by atoms with van der Waals surface area (Å²) in [6.45, 7) is 8.11. The number of benzene rings is 3. The molecule has 3 aliphatic rings. The van der Waals surface area contributed by atoms with Gasteiger partial charge < -0.3 is 9.31 Å². The molecule has 0 amide bonds. The molecular weight excluding hydrogens is 568 g/mol. The Morgan fingerprint density at radius 3 is 1.95 bits per heavy atom. The van der Waals surface area contributed by atoms with Crippen LogP contribution in [0.15, 0.2) is 48.5 Å². The maximum atomic E-state index is 11.7. The molecule has 0 bridgehead atoms. The van der Waals surface area contributed by atoms with Gasteiger partial charge in [0.2, 0.25) is 0 Å². The summed E-state index contributed by atoms with van der Waals surface area (Å²) < 4.78 is 12.3. The predicted molar refractivity (Wildman–Crippen MR) is 167 cm³/mol. The summed E-state index contributed by atoms with van der Waals surface area (Å²) in [5.41, 5.74) is 7.29. The number of nitriles is 1. The molecule has 216 valence electrons. The number of halogens is 2. The van der Waals surface area contributed by atoms with Crippen molar-refractivity contribution in [2.45, 2.75) is 83.8 Å². The Hall–Kier alpha value is -2.95. The molecule has 5 nitrogen and oxygen atoms in total. The minimum Gasteiger partial charge on any atom is -0.399 e. The van der Waals surface area contributed by atoms with Gasteiger partial charge in [-0.2, -0.15) is 5.26 Å². The molecule has 42 heavy (non-hydrogen) atoms. The molecule has 3 aromatic rings. The van der Waals surface area contributed by atoms with Gasteiger partial charge in [0.05, 0.1) is 22.8 Å². The second-order valence-electron chi connectivity index (χ2n) is 12.2. The lowest BCUT2D eigenvalue weighted by Crippen LogP contribution is -2.41. The fourth-order valence-corrected chi connectivity index (χ4v) is 6.35. The molecular formula is C34H34BCl2NO4. The van der Waals surface area contributed by atoms with Gasteiger partial charge in [-0.25, -0.2) is 0 Å². The maximum absolute atomic E-state index is 11.7. The highest BCUT2D eigenvalue weighted by molar-refractivity contribution is 6.66. The minimum absolute atomic E-state index is 0.282. The SMILES string of the molecule is CC1(C)OB(c2c(Cl)ccc3c2CCC(=O)C3)OC1(C)C.N#Cc1ccccc1Cc1c(Cl)ccc2c1CCC(=O)C2. The molecule has 0 N–H and O–H groups in total. The third-order valence-corrected chi connectivity index (χ3v) is 9.63. The van der Waals surface area contributed by atoms with Gasteiger partial charge in [0.1, 0.15) is 11.6 Å². The lowest BCUT2D eigenvalue weighted by Gasteiger charge is -2.32. The van der Waals surface area contributed by atoms with E-state index < -0.39 is 18.3 Å². The lowest BCUT2D eigenvalue weighted by molar-refractivity contribution is -0.119. The Balaban J connectivity index is 0.000000168. The first-order chi connectivity index (χ1) is 19.9. The van der Waals surface area contributed by atoms with E-state index in [4.69, 9.17) is 32.5 Å². The zero-order chi connectivity index (χ0) is 30.2. The maximum Gasteiger partial charge on any atom is 0.496 e. The van der Waals surface area contributed by atoms with Crippen molar-refractivity contribution in [3.63, 3.8) is 0 Å². The number of hydrogen-bond acceptors (Lipinski definition) is 5. The number of Topliss-reactive ketones (excluding diaryl/α,β-unsaturated/α-hetero) is 2. The monoisotopic (exact) mass is 601 g/mol. The molecule has 2 aliphatic carbocycles. The molecule has 1 fully saturated rings. The van der Waals surface area contributed by atoms with Crippen molar-refractivity contribution in [2.24, 2.45) is 0 Å². The Morgan fingerprint density at radius 1 is 0.786 bits per heavy atom. The van der Waals surface area contributed by atoms with Crippen LogP contribution in [0.2, 0.25) is 10.0 Å². The minimum atomic E-state index is -0.467. The van der Waals surface area contributed by atoms with Crippen LogP contribution >= 0.6 is 23.2 Å². The second-order valence-corrected chi connectivity index (χ2v) is 13.0. The third-order valence-electron chi connectivity index (χ3n) is 8.95. The summed E-state index contributed by atoms with van der Waals surface area (Å²) in [5.74, 6) is 0.567. The van der Waals surface area contributed by atoms with Crippen LogP contribution < -0.4 is 5.46 Å². The van der Waals surface area contributed by atoms with Crippen molar-refractivity contribution >= 4 is 47.3 Å². The van der Waals surface area contributed by atoms with Gasteiger partial charge in [-0.1, -0.05) is 53.5 Å². The molecule has 0 atom stereocenters. The van der Waals surface area contributed by atoms with Crippen LogP contribution in [-0.2, 0) is 51.0 Å². The van der Waals surface area contributed by atoms with Gasteiger partial charge in [-0.3, -0.25) is 9.59 Å². The van der Waals surface area contributed by atoms with Crippen molar-refractivity contribution in [1.82, 2.24) is 0 Å². The van der Waals surface area contributed by atoms with E-state index in [2.05, 4.69) is 6.07 Å². The van der Waals surface area contributed by atoms with E-state index >= 15 is 0 Å². The highest BCUT2D eigenvalue weighted by atomic mass is 35.5. The molecule has 0 aromatic heterocycles. The summed E-state index contributed by atoms with van der Waals surface area (Å²) in [6, 6.07) is 17.4. The van der Waals surface area contributed by atoms with Crippen LogP contribution in [0.1, 0.15) is 79.5 Å². The molecule has 1 aliphatic heterocycles. The van der Waals surface area contributed by atoms with Crippen LogP contribution in [0.5, 0.6) is 0 Å². The van der Waals surface area contributed by atoms with Crippen molar-refractivity contribution < 1.29 is 18.9 Å². The van der Waals surface area contributed by atoms with Gasteiger partial charge in [0.15, 0.2) is 0 Å². The lowest BCUT2D eigenvalue weighted by atomic mass is 9.71. The summed E-state index contributed by atoms with van der Waals surface area (Å²) in [4.78, 5) is 23.3. The largest absolute Gasteiger partial charge is 0.496 e. The van der Waals surface area contributed by atoms with Crippen molar-refractivity contribution in [3.05, 3.63) is 97.5 Å². The van der Waals surface area contributed by atoms with Gasteiger partial charge >= 0.3 is 7.12 Å². The van der Waals surface area contributed by atoms with Crippen molar-refractivity contribution in [1.29, 1.82) is 5.26 Å². The topological polar surface area (TPSA) is 76.4 Å². The fourth-order valence-electron chi connectivity index (χ4n) is 5.84. The Morgan fingerprint density at radius 2 is 1.33 bits per heavy atom. The van der Waals surface area contributed by atoms with E-state index in [0.29, 0.717) is 49.1 Å². The van der Waals surface area contributed by atoms with Gasteiger partial charge in [-0.05, 0) is 92.1 Å². The third kappa shape index (κ3) is 6.07. The molecule has 1 saturated heterocycles. The van der Waals surface area contributed by atoms with E-state index in [0.717, 1.165) is 44.7 Å². The first-order valence-electron chi connectivity index (χ1n) is 14.4. The van der Waals surface area contributed by atoms with Crippen LogP contribution in [-0.4, -0.2) is 29.9 Å². The van der Waals surface area contributed by atoms with Gasteiger partial charge in [-0.15, -0.1) is 0 Å². The quantitative estimate of drug-likeness (QED) is 0.318. The zero-order valence-corrected chi connectivity index (χ0v) is 26.0. The molecule has 6 rings (SSSR count). The number of hydrogen-bond donors (Lipinski definition) is 0. The molecule has 0 spiro atoms. The zero-order valence-electron chi connectivity index (χ0n) is 24.5. The van der Waals surface area contributed by atoms with Gasteiger partial charge in [0, 0.05) is 47.6 Å². The average Bonchev–Trinajstić information content (AvgIpc) is 3.16. The number of rotatable bonds is 3. The standard InChI is InChI=1S/C18H14ClNO.C16H20BClO3/c19-18-8-5-13-9-15(21)6-7-16(13)17(18)10-12-3-1-2-4-14(12)11-20;1-15(2)16(3,4)21-17(20-15)14-12-7-6-11(19)9-10(12)5-8-13(14)18/h1-5,8H,6-7,9-10H2;5,8H,6-7,9H2,1-4H3. The molecule has 1 heterocycles. The molecule has 8 heteroatoms. The summed E-state index contributed by atoms with van der Waals surface area (Å²) in [5, 5.41) is 10.6. The molecule has 3 aromatic carbocycles. The summed E-state index contributed by atoms with van der Waals surface area (Å²) >= 11 is 12.8. The fraction of sp³-hybridized carbons (Fsp3) is 0.382. The van der Waals surface area contributed by atoms with E-state index in [1.54, 1.807) is 0 Å². The second kappa shape index (κ2) is 12.0. The summed E-state index contributed by atoms with van der Waals surface area (Å²) in [7, 11) is -0.467. The molecule has 0 radical (unpaired) electrons. The number of carbonyl (C=O) groups excluding carboxylic acids is 2. The van der Waals surface area contributed by atoms with Gasteiger partial charge in [0.25, 0.3) is 0 Å². The first kappa shape index (κ1) is 30.5. The summed E-state index contributed by atoms with van der Waals surface area (Å²) in [6.07, 6.45) is 4.24. The average molecular weight is 602 g/mol. The Bertz CT molecular complexity index is 1590. The van der Waals surface area contributed by atoms with Crippen LogP contribution in [0.4, 0.5) is 0 Å². The number of ketones is 2. The normalized spacial score (nSPS) is 18.5. The number of carbonyl (C=O) groups is 2. The van der Waals surface area contributed by atoms with E-state index in [-0.39, 0.29) is 11.6 Å². The van der Waals surface area contributed by atoms with E-state index in [1.807, 2.05) is 76.2 Å².